The fraction of sp³-hybridized carbons (Fsp3) is 0.381. The van der Waals surface area contributed by atoms with Crippen molar-refractivity contribution in [3.63, 3.8) is 0 Å². The van der Waals surface area contributed by atoms with Gasteiger partial charge in [0.25, 0.3) is 0 Å². The summed E-state index contributed by atoms with van der Waals surface area (Å²) in [7, 11) is 0. The summed E-state index contributed by atoms with van der Waals surface area (Å²) in [6, 6.07) is 5.40. The number of rotatable bonds is 4. The monoisotopic (exact) mass is 483 g/mol. The van der Waals surface area contributed by atoms with E-state index in [1.54, 1.807) is 0 Å². The van der Waals surface area contributed by atoms with Crippen molar-refractivity contribution in [2.24, 2.45) is 11.8 Å². The lowest BCUT2D eigenvalue weighted by Gasteiger charge is -2.18. The van der Waals surface area contributed by atoms with E-state index in [1.807, 2.05) is 4.90 Å². The Labute approximate surface area is 190 Å². The predicted molar refractivity (Wildman–Crippen MR) is 111 cm³/mol. The van der Waals surface area contributed by atoms with Crippen LogP contribution in [0, 0.1) is 11.8 Å². The van der Waals surface area contributed by atoms with Gasteiger partial charge in [0.15, 0.2) is 5.82 Å². The van der Waals surface area contributed by atoms with Gasteiger partial charge in [0.1, 0.15) is 17.1 Å². The van der Waals surface area contributed by atoms with Crippen molar-refractivity contribution < 1.29 is 26.3 Å². The molecule has 1 fully saturated rings. The van der Waals surface area contributed by atoms with Gasteiger partial charge in [0.2, 0.25) is 11.9 Å². The number of nitrogens with one attached hydrogen (secondary N) is 1. The molecule has 34 heavy (non-hydrogen) atoms. The van der Waals surface area contributed by atoms with Crippen molar-refractivity contribution in [1.82, 2.24) is 24.9 Å². The summed E-state index contributed by atoms with van der Waals surface area (Å²) in [4.78, 5) is 21.5. The molecule has 4 rings (SSSR count). The Balaban J connectivity index is 1.76. The minimum absolute atomic E-state index is 0.00517. The molecular formula is C21H19F6N7. The van der Waals surface area contributed by atoms with Gasteiger partial charge >= 0.3 is 12.4 Å². The molecule has 1 aliphatic rings. The van der Waals surface area contributed by atoms with E-state index in [9.17, 15) is 26.3 Å². The molecule has 1 saturated heterocycles. The molecule has 180 valence electrons. The van der Waals surface area contributed by atoms with Crippen LogP contribution in [0.25, 0.3) is 11.5 Å². The number of nitrogens with zero attached hydrogens (tertiary/aromatic N) is 6. The smallest absolute Gasteiger partial charge is 0.340 e. The molecule has 0 spiro atoms. The van der Waals surface area contributed by atoms with E-state index in [1.165, 1.54) is 18.2 Å². The lowest BCUT2D eigenvalue weighted by molar-refractivity contribution is -0.141. The molecule has 0 aliphatic carbocycles. The molecule has 2 atom stereocenters. The van der Waals surface area contributed by atoms with Crippen LogP contribution in [0.5, 0.6) is 0 Å². The molecule has 0 bridgehead atoms. The molecule has 0 saturated carbocycles. The highest BCUT2D eigenvalue weighted by Gasteiger charge is 2.34. The second-order valence-corrected chi connectivity index (χ2v) is 8.10. The van der Waals surface area contributed by atoms with Crippen LogP contribution in [0.1, 0.15) is 25.2 Å². The molecule has 0 unspecified atom stereocenters. The van der Waals surface area contributed by atoms with Crippen molar-refractivity contribution in [1.29, 1.82) is 0 Å². The maximum atomic E-state index is 13.2. The summed E-state index contributed by atoms with van der Waals surface area (Å²) >= 11 is 0. The SMILES string of the molecule is C[C@@H]1CN(c2nc(Nc3ccnc(C(F)(F)F)c3)nc(-c3cccc(C(F)(F)F)n3)n2)C[C@H]1C. The van der Waals surface area contributed by atoms with Crippen LogP contribution in [-0.2, 0) is 12.4 Å². The number of pyridine rings is 2. The Morgan fingerprint density at radius 1 is 0.853 bits per heavy atom. The summed E-state index contributed by atoms with van der Waals surface area (Å²) < 4.78 is 78.6. The summed E-state index contributed by atoms with van der Waals surface area (Å²) in [6.45, 7) is 5.31. The first-order valence-corrected chi connectivity index (χ1v) is 10.3. The van der Waals surface area contributed by atoms with Gasteiger partial charge in [-0.15, -0.1) is 0 Å². The number of halogens is 6. The molecule has 0 amide bonds. The van der Waals surface area contributed by atoms with Crippen molar-refractivity contribution >= 4 is 17.6 Å². The van der Waals surface area contributed by atoms with Crippen LogP contribution in [0.3, 0.4) is 0 Å². The van der Waals surface area contributed by atoms with E-state index < -0.39 is 23.7 Å². The Morgan fingerprint density at radius 2 is 1.53 bits per heavy atom. The molecule has 3 aromatic rings. The molecule has 7 nitrogen and oxygen atoms in total. The molecule has 0 aromatic carbocycles. The van der Waals surface area contributed by atoms with Gasteiger partial charge in [-0.2, -0.15) is 41.3 Å². The zero-order valence-corrected chi connectivity index (χ0v) is 18.0. The van der Waals surface area contributed by atoms with Crippen LogP contribution in [0.2, 0.25) is 0 Å². The number of hydrogen-bond donors (Lipinski definition) is 1. The van der Waals surface area contributed by atoms with Gasteiger partial charge in [-0.25, -0.2) is 4.98 Å². The third-order valence-corrected chi connectivity index (χ3v) is 5.47. The fourth-order valence-electron chi connectivity index (χ4n) is 3.48. The maximum absolute atomic E-state index is 13.2. The van der Waals surface area contributed by atoms with Crippen LogP contribution >= 0.6 is 0 Å². The molecule has 3 aromatic heterocycles. The fourth-order valence-corrected chi connectivity index (χ4v) is 3.48. The largest absolute Gasteiger partial charge is 0.433 e. The Bertz CT molecular complexity index is 1170. The average Bonchev–Trinajstić information content (AvgIpc) is 3.11. The standard InChI is InChI=1S/C21H19F6N7/c1-11-9-34(10-12(11)2)19-32-17(14-4-3-5-15(30-14)20(22,23)24)31-18(33-19)29-13-6-7-28-16(8-13)21(25,26)27/h3-8,11-12H,9-10H2,1-2H3,(H,28,29,31,32,33)/t11-,12-/m1/s1. The third kappa shape index (κ3) is 5.18. The third-order valence-electron chi connectivity index (χ3n) is 5.47. The number of anilines is 3. The Morgan fingerprint density at radius 3 is 2.18 bits per heavy atom. The quantitative estimate of drug-likeness (QED) is 0.511. The number of hydrogen-bond acceptors (Lipinski definition) is 7. The van der Waals surface area contributed by atoms with E-state index in [0.717, 1.165) is 18.3 Å². The molecule has 1 N–H and O–H groups in total. The molecular weight excluding hydrogens is 464 g/mol. The minimum atomic E-state index is -4.67. The number of alkyl halides is 6. The van der Waals surface area contributed by atoms with Crippen molar-refractivity contribution in [2.45, 2.75) is 26.2 Å². The summed E-state index contributed by atoms with van der Waals surface area (Å²) in [5.41, 5.74) is -2.37. The van der Waals surface area contributed by atoms with E-state index >= 15 is 0 Å². The topological polar surface area (TPSA) is 79.7 Å². The van der Waals surface area contributed by atoms with Gasteiger partial charge in [-0.3, -0.25) is 4.98 Å². The average molecular weight is 483 g/mol. The molecule has 1 aliphatic heterocycles. The van der Waals surface area contributed by atoms with Crippen LogP contribution < -0.4 is 10.2 Å². The highest BCUT2D eigenvalue weighted by Crippen LogP contribution is 2.32. The van der Waals surface area contributed by atoms with E-state index in [0.29, 0.717) is 24.9 Å². The lowest BCUT2D eigenvalue weighted by Crippen LogP contribution is -2.23. The number of aromatic nitrogens is 5. The second kappa shape index (κ2) is 8.69. The van der Waals surface area contributed by atoms with Crippen molar-refractivity contribution in [3.05, 3.63) is 47.9 Å². The normalized spacial score (nSPS) is 18.9. The first kappa shape index (κ1) is 23.6. The van der Waals surface area contributed by atoms with E-state index in [-0.39, 0.29) is 29.1 Å². The van der Waals surface area contributed by atoms with E-state index in [2.05, 4.69) is 44.1 Å². The van der Waals surface area contributed by atoms with Crippen LogP contribution in [-0.4, -0.2) is 38.0 Å². The summed E-state index contributed by atoms with van der Waals surface area (Å²) in [6.07, 6.45) is -8.35. The lowest BCUT2D eigenvalue weighted by atomic mass is 10.0. The maximum Gasteiger partial charge on any atom is 0.433 e. The minimum Gasteiger partial charge on any atom is -0.340 e. The van der Waals surface area contributed by atoms with Crippen LogP contribution in [0.15, 0.2) is 36.5 Å². The zero-order chi connectivity index (χ0) is 24.7. The van der Waals surface area contributed by atoms with Gasteiger partial charge < -0.3 is 10.2 Å². The summed E-state index contributed by atoms with van der Waals surface area (Å²) in [5, 5.41) is 2.68. The predicted octanol–water partition coefficient (Wildman–Crippen LogP) is 5.20. The van der Waals surface area contributed by atoms with E-state index in [4.69, 9.17) is 0 Å². The zero-order valence-electron chi connectivity index (χ0n) is 18.0. The first-order valence-electron chi connectivity index (χ1n) is 10.3. The van der Waals surface area contributed by atoms with Gasteiger partial charge in [0.05, 0.1) is 0 Å². The second-order valence-electron chi connectivity index (χ2n) is 8.10. The van der Waals surface area contributed by atoms with Crippen molar-refractivity contribution in [2.75, 3.05) is 23.3 Å². The molecule has 13 heteroatoms. The Hall–Kier alpha value is -3.51. The first-order chi connectivity index (χ1) is 15.9. The van der Waals surface area contributed by atoms with Crippen LogP contribution in [0.4, 0.5) is 43.9 Å². The van der Waals surface area contributed by atoms with Gasteiger partial charge in [-0.1, -0.05) is 19.9 Å². The molecule has 0 radical (unpaired) electrons. The highest BCUT2D eigenvalue weighted by atomic mass is 19.4. The van der Waals surface area contributed by atoms with Gasteiger partial charge in [-0.05, 0) is 36.1 Å². The van der Waals surface area contributed by atoms with Gasteiger partial charge in [0, 0.05) is 25.0 Å². The van der Waals surface area contributed by atoms with Crippen molar-refractivity contribution in [3.8, 4) is 11.5 Å². The molecule has 4 heterocycles. The highest BCUT2D eigenvalue weighted by molar-refractivity contribution is 5.59. The Kier molecular flexibility index (Phi) is 6.04. The summed E-state index contributed by atoms with van der Waals surface area (Å²) in [5.74, 6) is 0.547.